The van der Waals surface area contributed by atoms with Crippen LogP contribution < -0.4 is 10.5 Å². The second kappa shape index (κ2) is 6.65. The highest BCUT2D eigenvalue weighted by atomic mass is 19.2. The van der Waals surface area contributed by atoms with Crippen molar-refractivity contribution in [3.8, 4) is 5.75 Å². The molecule has 6 heteroatoms. The molecule has 0 aliphatic heterocycles. The van der Waals surface area contributed by atoms with E-state index in [-0.39, 0.29) is 18.8 Å². The molecular formula is C14H19F2NO3. The van der Waals surface area contributed by atoms with Crippen LogP contribution in [0, 0.1) is 11.6 Å². The standard InChI is InChI=1S/C14H19F2NO3/c1-4-19-13(18)14(3,17)8-9(2)20-11-7-5-6-10(15)12(11)16/h5-7,9H,4,8,17H2,1-3H3. The first-order valence-corrected chi connectivity index (χ1v) is 6.34. The number of esters is 1. The van der Waals surface area contributed by atoms with Gasteiger partial charge < -0.3 is 15.2 Å². The molecule has 0 saturated heterocycles. The molecule has 0 amide bonds. The second-order valence-corrected chi connectivity index (χ2v) is 4.82. The van der Waals surface area contributed by atoms with Gasteiger partial charge in [-0.2, -0.15) is 4.39 Å². The van der Waals surface area contributed by atoms with Crippen molar-refractivity contribution in [3.63, 3.8) is 0 Å². The van der Waals surface area contributed by atoms with Gasteiger partial charge in [-0.1, -0.05) is 6.07 Å². The SMILES string of the molecule is CCOC(=O)C(C)(N)CC(C)Oc1cccc(F)c1F. The summed E-state index contributed by atoms with van der Waals surface area (Å²) >= 11 is 0. The van der Waals surface area contributed by atoms with Crippen LogP contribution in [0.5, 0.6) is 5.75 Å². The van der Waals surface area contributed by atoms with E-state index < -0.39 is 29.2 Å². The van der Waals surface area contributed by atoms with Crippen LogP contribution in [0.1, 0.15) is 27.2 Å². The number of nitrogens with two attached hydrogens (primary N) is 1. The molecule has 112 valence electrons. The molecule has 0 bridgehead atoms. The Labute approximate surface area is 116 Å². The normalized spacial score (nSPS) is 15.3. The Hall–Kier alpha value is -1.69. The summed E-state index contributed by atoms with van der Waals surface area (Å²) in [5, 5.41) is 0. The van der Waals surface area contributed by atoms with E-state index in [1.54, 1.807) is 13.8 Å². The number of benzene rings is 1. The van der Waals surface area contributed by atoms with Crippen LogP contribution in [0.3, 0.4) is 0 Å². The molecule has 0 fully saturated rings. The van der Waals surface area contributed by atoms with Crippen LogP contribution in [-0.2, 0) is 9.53 Å². The van der Waals surface area contributed by atoms with Gasteiger partial charge in [-0.25, -0.2) is 4.39 Å². The van der Waals surface area contributed by atoms with E-state index in [9.17, 15) is 13.6 Å². The van der Waals surface area contributed by atoms with Crippen molar-refractivity contribution in [1.29, 1.82) is 0 Å². The first-order valence-electron chi connectivity index (χ1n) is 6.34. The molecule has 0 heterocycles. The van der Waals surface area contributed by atoms with Crippen molar-refractivity contribution in [3.05, 3.63) is 29.8 Å². The van der Waals surface area contributed by atoms with Gasteiger partial charge in [-0.3, -0.25) is 4.79 Å². The summed E-state index contributed by atoms with van der Waals surface area (Å²) in [5.74, 6) is -2.82. The number of halogens is 2. The maximum absolute atomic E-state index is 13.5. The fraction of sp³-hybridized carbons (Fsp3) is 0.500. The topological polar surface area (TPSA) is 61.5 Å². The highest BCUT2D eigenvalue weighted by Gasteiger charge is 2.32. The Morgan fingerprint density at radius 3 is 2.70 bits per heavy atom. The van der Waals surface area contributed by atoms with E-state index in [2.05, 4.69) is 0 Å². The van der Waals surface area contributed by atoms with Gasteiger partial charge in [0.05, 0.1) is 12.7 Å². The van der Waals surface area contributed by atoms with Gasteiger partial charge in [0, 0.05) is 6.42 Å². The van der Waals surface area contributed by atoms with Crippen LogP contribution in [0.4, 0.5) is 8.78 Å². The van der Waals surface area contributed by atoms with Crippen molar-refractivity contribution in [2.75, 3.05) is 6.61 Å². The largest absolute Gasteiger partial charge is 0.487 e. The zero-order valence-electron chi connectivity index (χ0n) is 11.8. The van der Waals surface area contributed by atoms with Gasteiger partial charge in [0.1, 0.15) is 5.54 Å². The van der Waals surface area contributed by atoms with Gasteiger partial charge in [-0.05, 0) is 32.9 Å². The van der Waals surface area contributed by atoms with Crippen LogP contribution in [-0.4, -0.2) is 24.2 Å². The molecule has 0 aliphatic rings. The van der Waals surface area contributed by atoms with Gasteiger partial charge >= 0.3 is 5.97 Å². The van der Waals surface area contributed by atoms with Crippen molar-refractivity contribution in [2.45, 2.75) is 38.8 Å². The van der Waals surface area contributed by atoms with Crippen LogP contribution >= 0.6 is 0 Å². The predicted molar refractivity (Wildman–Crippen MR) is 70.3 cm³/mol. The van der Waals surface area contributed by atoms with E-state index in [1.165, 1.54) is 19.1 Å². The summed E-state index contributed by atoms with van der Waals surface area (Å²) in [5.41, 5.74) is 4.60. The monoisotopic (exact) mass is 287 g/mol. The smallest absolute Gasteiger partial charge is 0.325 e. The molecule has 2 N–H and O–H groups in total. The molecule has 0 aromatic heterocycles. The fourth-order valence-corrected chi connectivity index (χ4v) is 1.81. The van der Waals surface area contributed by atoms with Crippen LogP contribution in [0.2, 0.25) is 0 Å². The van der Waals surface area contributed by atoms with Crippen molar-refractivity contribution in [1.82, 2.24) is 0 Å². The van der Waals surface area contributed by atoms with Gasteiger partial charge in [-0.15, -0.1) is 0 Å². The van der Waals surface area contributed by atoms with Gasteiger partial charge in [0.2, 0.25) is 5.82 Å². The number of hydrogen-bond acceptors (Lipinski definition) is 4. The van der Waals surface area contributed by atoms with Crippen LogP contribution in [0.25, 0.3) is 0 Å². The first kappa shape index (κ1) is 16.4. The Bertz CT molecular complexity index is 477. The van der Waals surface area contributed by atoms with Crippen molar-refractivity contribution >= 4 is 5.97 Å². The summed E-state index contributed by atoms with van der Waals surface area (Å²) in [7, 11) is 0. The van der Waals surface area contributed by atoms with Gasteiger partial charge in [0.25, 0.3) is 0 Å². The first-order chi connectivity index (χ1) is 9.27. The summed E-state index contributed by atoms with van der Waals surface area (Å²) in [6.07, 6.45) is -0.465. The molecule has 0 spiro atoms. The average Bonchev–Trinajstić information content (AvgIpc) is 2.34. The Morgan fingerprint density at radius 2 is 2.10 bits per heavy atom. The number of carbonyl (C=O) groups is 1. The van der Waals surface area contributed by atoms with Gasteiger partial charge in [0.15, 0.2) is 11.6 Å². The number of rotatable bonds is 6. The fourth-order valence-electron chi connectivity index (χ4n) is 1.81. The van der Waals surface area contributed by atoms with E-state index in [0.29, 0.717) is 0 Å². The summed E-state index contributed by atoms with van der Waals surface area (Å²) < 4.78 is 36.6. The molecule has 4 nitrogen and oxygen atoms in total. The lowest BCUT2D eigenvalue weighted by Crippen LogP contribution is -2.49. The summed E-state index contributed by atoms with van der Waals surface area (Å²) in [4.78, 5) is 11.6. The average molecular weight is 287 g/mol. The number of hydrogen-bond donors (Lipinski definition) is 1. The Balaban J connectivity index is 2.70. The number of carbonyl (C=O) groups excluding carboxylic acids is 1. The third-order valence-corrected chi connectivity index (χ3v) is 2.70. The molecular weight excluding hydrogens is 268 g/mol. The molecule has 0 saturated carbocycles. The lowest BCUT2D eigenvalue weighted by atomic mass is 9.96. The molecule has 2 atom stereocenters. The third-order valence-electron chi connectivity index (χ3n) is 2.70. The maximum Gasteiger partial charge on any atom is 0.325 e. The molecule has 1 aromatic rings. The molecule has 0 radical (unpaired) electrons. The highest BCUT2D eigenvalue weighted by Crippen LogP contribution is 2.22. The zero-order chi connectivity index (χ0) is 15.3. The Morgan fingerprint density at radius 1 is 1.45 bits per heavy atom. The maximum atomic E-state index is 13.5. The molecule has 0 aliphatic carbocycles. The van der Waals surface area contributed by atoms with E-state index in [0.717, 1.165) is 6.07 Å². The third kappa shape index (κ3) is 4.16. The minimum absolute atomic E-state index is 0.113. The van der Waals surface area contributed by atoms with E-state index in [1.807, 2.05) is 0 Å². The molecule has 20 heavy (non-hydrogen) atoms. The van der Waals surface area contributed by atoms with Crippen LogP contribution in [0.15, 0.2) is 18.2 Å². The van der Waals surface area contributed by atoms with Crippen molar-refractivity contribution in [2.24, 2.45) is 5.73 Å². The highest BCUT2D eigenvalue weighted by molar-refractivity contribution is 5.80. The molecule has 1 rings (SSSR count). The second-order valence-electron chi connectivity index (χ2n) is 4.82. The lowest BCUT2D eigenvalue weighted by molar-refractivity contribution is -0.149. The molecule has 2 unspecified atom stereocenters. The minimum atomic E-state index is -1.25. The van der Waals surface area contributed by atoms with Crippen molar-refractivity contribution < 1.29 is 23.0 Å². The lowest BCUT2D eigenvalue weighted by Gasteiger charge is -2.26. The molecule has 1 aromatic carbocycles. The quantitative estimate of drug-likeness (QED) is 0.816. The summed E-state index contributed by atoms with van der Waals surface area (Å²) in [6.45, 7) is 5.02. The number of ether oxygens (including phenoxy) is 2. The van der Waals surface area contributed by atoms with E-state index in [4.69, 9.17) is 15.2 Å². The Kier molecular flexibility index (Phi) is 5.44. The predicted octanol–water partition coefficient (Wildman–Crippen LogP) is 2.40. The van der Waals surface area contributed by atoms with E-state index >= 15 is 0 Å². The minimum Gasteiger partial charge on any atom is -0.487 e. The zero-order valence-corrected chi connectivity index (χ0v) is 11.8. The summed E-state index contributed by atoms with van der Waals surface area (Å²) in [6, 6.07) is 3.65.